The highest BCUT2D eigenvalue weighted by atomic mass is 32.1. The fourth-order valence-electron chi connectivity index (χ4n) is 3.29. The van der Waals surface area contributed by atoms with Crippen LogP contribution in [0.4, 0.5) is 5.00 Å². The molecule has 0 bridgehead atoms. The maximum absolute atomic E-state index is 12.7. The molecule has 0 spiro atoms. The van der Waals surface area contributed by atoms with Gasteiger partial charge in [-0.15, -0.1) is 11.3 Å². The first kappa shape index (κ1) is 23.3. The van der Waals surface area contributed by atoms with Gasteiger partial charge in [0.2, 0.25) is 0 Å². The van der Waals surface area contributed by atoms with Crippen LogP contribution in [0.15, 0.2) is 47.8 Å². The van der Waals surface area contributed by atoms with Crippen LogP contribution in [-0.2, 0) is 9.53 Å². The summed E-state index contributed by atoms with van der Waals surface area (Å²) in [5.41, 5.74) is 3.78. The van der Waals surface area contributed by atoms with Gasteiger partial charge in [0.15, 0.2) is 6.61 Å². The van der Waals surface area contributed by atoms with Gasteiger partial charge in [-0.05, 0) is 56.5 Å². The molecule has 0 fully saturated rings. The number of para-hydroxylation sites is 1. The Bertz CT molecular complexity index is 1070. The van der Waals surface area contributed by atoms with Gasteiger partial charge in [0.1, 0.15) is 22.1 Å². The van der Waals surface area contributed by atoms with Crippen LogP contribution in [0.1, 0.15) is 35.3 Å². The van der Waals surface area contributed by atoms with Crippen molar-refractivity contribution in [1.29, 1.82) is 0 Å². The first-order valence-electron chi connectivity index (χ1n) is 10.4. The minimum atomic E-state index is -0.483. The number of carbonyl (C=O) groups excluding carboxylic acids is 2. The third-order valence-corrected chi connectivity index (χ3v) is 5.65. The number of esters is 1. The van der Waals surface area contributed by atoms with E-state index in [9.17, 15) is 9.59 Å². The summed E-state index contributed by atoms with van der Waals surface area (Å²) in [4.78, 5) is 25.3. The number of rotatable bonds is 9. The second-order valence-corrected chi connectivity index (χ2v) is 7.97. The lowest BCUT2D eigenvalue weighted by Gasteiger charge is -2.12. The van der Waals surface area contributed by atoms with E-state index in [4.69, 9.17) is 14.2 Å². The minimum absolute atomic E-state index is 0.162. The van der Waals surface area contributed by atoms with Crippen molar-refractivity contribution >= 4 is 28.2 Å². The molecule has 168 valence electrons. The number of benzene rings is 2. The van der Waals surface area contributed by atoms with Crippen LogP contribution in [0.2, 0.25) is 0 Å². The van der Waals surface area contributed by atoms with Gasteiger partial charge in [-0.2, -0.15) is 0 Å². The largest absolute Gasteiger partial charge is 0.494 e. The number of hydrogen-bond acceptors (Lipinski definition) is 6. The van der Waals surface area contributed by atoms with Crippen molar-refractivity contribution in [3.05, 3.63) is 64.5 Å². The summed E-state index contributed by atoms with van der Waals surface area (Å²) in [6.07, 6.45) is 0. The average Bonchev–Trinajstić information content (AvgIpc) is 3.18. The molecule has 0 radical (unpaired) electrons. The molecule has 1 amide bonds. The average molecular weight is 454 g/mol. The highest BCUT2D eigenvalue weighted by Crippen LogP contribution is 2.37. The van der Waals surface area contributed by atoms with Crippen LogP contribution < -0.4 is 14.8 Å². The van der Waals surface area contributed by atoms with Crippen molar-refractivity contribution < 1.29 is 23.8 Å². The lowest BCUT2D eigenvalue weighted by Crippen LogP contribution is -2.21. The minimum Gasteiger partial charge on any atom is -0.494 e. The lowest BCUT2D eigenvalue weighted by molar-refractivity contribution is -0.118. The van der Waals surface area contributed by atoms with Crippen LogP contribution in [0.5, 0.6) is 11.5 Å². The monoisotopic (exact) mass is 453 g/mol. The van der Waals surface area contributed by atoms with Crippen LogP contribution in [-0.4, -0.2) is 31.7 Å². The first-order valence-corrected chi connectivity index (χ1v) is 11.3. The second-order valence-electron chi connectivity index (χ2n) is 7.09. The van der Waals surface area contributed by atoms with E-state index in [0.717, 1.165) is 22.4 Å². The van der Waals surface area contributed by atoms with Crippen molar-refractivity contribution in [2.24, 2.45) is 0 Å². The van der Waals surface area contributed by atoms with Gasteiger partial charge in [0, 0.05) is 10.9 Å². The van der Waals surface area contributed by atoms with Crippen molar-refractivity contribution in [1.82, 2.24) is 0 Å². The number of aryl methyl sites for hydroxylation is 2. The standard InChI is InChI=1S/C25H27NO5S/c1-5-29-19-12-10-18(11-13-19)20-15-32-24(22(20)25(28)30-6-2)26-21(27)14-31-23-16(3)8-7-9-17(23)4/h7-13,15H,5-6,14H2,1-4H3,(H,26,27). The molecule has 0 atom stereocenters. The van der Waals surface area contributed by atoms with E-state index >= 15 is 0 Å². The first-order chi connectivity index (χ1) is 15.4. The summed E-state index contributed by atoms with van der Waals surface area (Å²) in [5, 5.41) is 5.08. The van der Waals surface area contributed by atoms with Gasteiger partial charge in [0.05, 0.1) is 13.2 Å². The molecule has 32 heavy (non-hydrogen) atoms. The third-order valence-electron chi connectivity index (χ3n) is 4.76. The van der Waals surface area contributed by atoms with E-state index in [2.05, 4.69) is 5.32 Å². The fraction of sp³-hybridized carbons (Fsp3) is 0.280. The lowest BCUT2D eigenvalue weighted by atomic mass is 10.0. The van der Waals surface area contributed by atoms with E-state index in [1.807, 2.05) is 68.6 Å². The van der Waals surface area contributed by atoms with Crippen LogP contribution in [0, 0.1) is 13.8 Å². The SMILES string of the molecule is CCOC(=O)c1c(-c2ccc(OCC)cc2)csc1NC(=O)COc1c(C)cccc1C. The van der Waals surface area contributed by atoms with E-state index in [1.54, 1.807) is 6.92 Å². The van der Waals surface area contributed by atoms with Crippen LogP contribution in [0.25, 0.3) is 11.1 Å². The van der Waals surface area contributed by atoms with Gasteiger partial charge < -0.3 is 19.5 Å². The summed E-state index contributed by atoms with van der Waals surface area (Å²) < 4.78 is 16.5. The molecule has 7 heteroatoms. The molecule has 1 heterocycles. The number of anilines is 1. The molecule has 1 aromatic heterocycles. The van der Waals surface area contributed by atoms with Crippen molar-refractivity contribution in [2.45, 2.75) is 27.7 Å². The van der Waals surface area contributed by atoms with Gasteiger partial charge in [-0.25, -0.2) is 4.79 Å². The highest BCUT2D eigenvalue weighted by Gasteiger charge is 2.23. The summed E-state index contributed by atoms with van der Waals surface area (Å²) >= 11 is 1.28. The number of amides is 1. The van der Waals surface area contributed by atoms with Crippen LogP contribution in [0.3, 0.4) is 0 Å². The second kappa shape index (κ2) is 10.8. The Labute approximate surface area is 192 Å². The summed E-state index contributed by atoms with van der Waals surface area (Å²) in [5.74, 6) is 0.609. The maximum Gasteiger partial charge on any atom is 0.341 e. The molecular formula is C25H27NO5S. The maximum atomic E-state index is 12.7. The molecule has 6 nitrogen and oxygen atoms in total. The molecule has 3 aromatic rings. The number of thiophene rings is 1. The molecule has 3 rings (SSSR count). The Kier molecular flexibility index (Phi) is 7.89. The summed E-state index contributed by atoms with van der Waals surface area (Å²) in [7, 11) is 0. The Morgan fingerprint density at radius 2 is 1.62 bits per heavy atom. The van der Waals surface area contributed by atoms with Crippen LogP contribution >= 0.6 is 11.3 Å². The van der Waals surface area contributed by atoms with Gasteiger partial charge >= 0.3 is 5.97 Å². The molecule has 0 aliphatic rings. The summed E-state index contributed by atoms with van der Waals surface area (Å²) in [6, 6.07) is 13.3. The Morgan fingerprint density at radius 1 is 0.938 bits per heavy atom. The van der Waals surface area contributed by atoms with E-state index < -0.39 is 5.97 Å². The molecule has 0 saturated heterocycles. The number of ether oxygens (including phenoxy) is 3. The Balaban J connectivity index is 1.81. The van der Waals surface area contributed by atoms with Gasteiger partial charge in [-0.3, -0.25) is 4.79 Å². The topological polar surface area (TPSA) is 73.9 Å². The number of carbonyl (C=O) groups is 2. The molecule has 0 unspecified atom stereocenters. The zero-order chi connectivity index (χ0) is 23.1. The molecular weight excluding hydrogens is 426 g/mol. The zero-order valence-electron chi connectivity index (χ0n) is 18.7. The molecule has 0 aliphatic heterocycles. The van der Waals surface area contributed by atoms with Gasteiger partial charge in [0.25, 0.3) is 5.91 Å². The normalized spacial score (nSPS) is 10.5. The van der Waals surface area contributed by atoms with Crippen molar-refractivity contribution in [3.8, 4) is 22.6 Å². The predicted molar refractivity (Wildman–Crippen MR) is 127 cm³/mol. The Hall–Kier alpha value is -3.32. The Morgan fingerprint density at radius 3 is 2.25 bits per heavy atom. The number of hydrogen-bond donors (Lipinski definition) is 1. The molecule has 0 aliphatic carbocycles. The fourth-order valence-corrected chi connectivity index (χ4v) is 4.27. The van der Waals surface area contributed by atoms with E-state index in [0.29, 0.717) is 28.5 Å². The highest BCUT2D eigenvalue weighted by molar-refractivity contribution is 7.15. The molecule has 0 saturated carbocycles. The smallest absolute Gasteiger partial charge is 0.341 e. The van der Waals surface area contributed by atoms with Crippen molar-refractivity contribution in [3.63, 3.8) is 0 Å². The van der Waals surface area contributed by atoms with Gasteiger partial charge in [-0.1, -0.05) is 30.3 Å². The third kappa shape index (κ3) is 5.48. The molecule has 2 aromatic carbocycles. The predicted octanol–water partition coefficient (Wildman–Crippen LogP) is 5.62. The zero-order valence-corrected chi connectivity index (χ0v) is 19.5. The molecule has 1 N–H and O–H groups in total. The quantitative estimate of drug-likeness (QED) is 0.425. The van der Waals surface area contributed by atoms with E-state index in [1.165, 1.54) is 11.3 Å². The number of nitrogens with one attached hydrogen (secondary N) is 1. The van der Waals surface area contributed by atoms with Crippen molar-refractivity contribution in [2.75, 3.05) is 25.1 Å². The summed E-state index contributed by atoms with van der Waals surface area (Å²) in [6.45, 7) is 8.18. The van der Waals surface area contributed by atoms with E-state index in [-0.39, 0.29) is 19.1 Å².